The molecule has 0 radical (unpaired) electrons. The summed E-state index contributed by atoms with van der Waals surface area (Å²) < 4.78 is 2.05. The van der Waals surface area contributed by atoms with Gasteiger partial charge in [-0.3, -0.25) is 4.68 Å². The largest absolute Gasteiger partial charge is 0.313 e. The van der Waals surface area contributed by atoms with Gasteiger partial charge in [0, 0.05) is 23.8 Å². The van der Waals surface area contributed by atoms with Gasteiger partial charge in [0.2, 0.25) is 0 Å². The van der Waals surface area contributed by atoms with Crippen molar-refractivity contribution in [2.45, 2.75) is 45.7 Å². The van der Waals surface area contributed by atoms with E-state index in [1.807, 2.05) is 13.2 Å². The Hall–Kier alpha value is -0.830. The van der Waals surface area contributed by atoms with Gasteiger partial charge in [0.25, 0.3) is 0 Å². The van der Waals surface area contributed by atoms with Crippen LogP contribution < -0.4 is 5.32 Å². The van der Waals surface area contributed by atoms with Crippen LogP contribution in [0.2, 0.25) is 0 Å². The van der Waals surface area contributed by atoms with Gasteiger partial charge in [-0.2, -0.15) is 5.10 Å². The molecule has 3 heteroatoms. The summed E-state index contributed by atoms with van der Waals surface area (Å²) in [7, 11) is 1.99. The van der Waals surface area contributed by atoms with E-state index in [1.165, 1.54) is 5.56 Å². The molecule has 0 saturated heterocycles. The zero-order valence-electron chi connectivity index (χ0n) is 9.62. The molecule has 0 saturated carbocycles. The van der Waals surface area contributed by atoms with Crippen molar-refractivity contribution in [3.05, 3.63) is 18.0 Å². The first kappa shape index (κ1) is 11.2. The average Bonchev–Trinajstić information content (AvgIpc) is 2.68. The van der Waals surface area contributed by atoms with Gasteiger partial charge in [-0.15, -0.1) is 0 Å². The first-order chi connectivity index (χ1) is 6.72. The number of aromatic nitrogens is 2. The fourth-order valence-corrected chi connectivity index (χ4v) is 1.57. The molecule has 0 bridgehead atoms. The van der Waals surface area contributed by atoms with Crippen molar-refractivity contribution in [3.63, 3.8) is 0 Å². The van der Waals surface area contributed by atoms with E-state index < -0.39 is 0 Å². The third-order valence-corrected chi connectivity index (χ3v) is 2.82. The minimum absolute atomic E-state index is 0.438. The Labute approximate surface area is 86.5 Å². The zero-order valence-corrected chi connectivity index (χ0v) is 9.62. The van der Waals surface area contributed by atoms with Gasteiger partial charge in [-0.25, -0.2) is 0 Å². The molecule has 1 heterocycles. The minimum atomic E-state index is 0.438. The van der Waals surface area contributed by atoms with E-state index >= 15 is 0 Å². The number of hydrogen-bond donors (Lipinski definition) is 1. The SMILES string of the molecule is CCC(NC)c1cnn(C(C)CC)c1. The summed E-state index contributed by atoms with van der Waals surface area (Å²) in [5.41, 5.74) is 1.29. The fourth-order valence-electron chi connectivity index (χ4n) is 1.57. The van der Waals surface area contributed by atoms with Gasteiger partial charge in [0.05, 0.1) is 6.20 Å². The lowest BCUT2D eigenvalue weighted by Crippen LogP contribution is -2.14. The average molecular weight is 195 g/mol. The molecule has 14 heavy (non-hydrogen) atoms. The summed E-state index contributed by atoms with van der Waals surface area (Å²) in [6.07, 6.45) is 6.34. The molecule has 0 aliphatic rings. The molecule has 0 aliphatic heterocycles. The van der Waals surface area contributed by atoms with E-state index in [0.29, 0.717) is 12.1 Å². The lowest BCUT2D eigenvalue weighted by atomic mass is 10.1. The highest BCUT2D eigenvalue weighted by molar-refractivity contribution is 5.10. The Morgan fingerprint density at radius 2 is 2.14 bits per heavy atom. The van der Waals surface area contributed by atoms with Crippen molar-refractivity contribution in [2.24, 2.45) is 0 Å². The van der Waals surface area contributed by atoms with Crippen LogP contribution in [-0.2, 0) is 0 Å². The van der Waals surface area contributed by atoms with Crippen LogP contribution in [0.4, 0.5) is 0 Å². The maximum Gasteiger partial charge on any atom is 0.0537 e. The number of rotatable bonds is 5. The van der Waals surface area contributed by atoms with E-state index in [0.717, 1.165) is 12.8 Å². The van der Waals surface area contributed by atoms with Crippen molar-refractivity contribution in [3.8, 4) is 0 Å². The van der Waals surface area contributed by atoms with Crippen molar-refractivity contribution >= 4 is 0 Å². The maximum atomic E-state index is 4.38. The van der Waals surface area contributed by atoms with Gasteiger partial charge in [0.15, 0.2) is 0 Å². The van der Waals surface area contributed by atoms with Gasteiger partial charge >= 0.3 is 0 Å². The molecule has 0 spiro atoms. The fraction of sp³-hybridized carbons (Fsp3) is 0.727. The summed E-state index contributed by atoms with van der Waals surface area (Å²) in [5.74, 6) is 0. The molecule has 1 N–H and O–H groups in total. The molecule has 0 aliphatic carbocycles. The van der Waals surface area contributed by atoms with E-state index in [2.05, 4.69) is 42.1 Å². The molecule has 1 rings (SSSR count). The zero-order chi connectivity index (χ0) is 10.6. The topological polar surface area (TPSA) is 29.9 Å². The van der Waals surface area contributed by atoms with Gasteiger partial charge < -0.3 is 5.32 Å². The summed E-state index contributed by atoms with van der Waals surface area (Å²) >= 11 is 0. The molecule has 80 valence electrons. The van der Waals surface area contributed by atoms with E-state index in [9.17, 15) is 0 Å². The quantitative estimate of drug-likeness (QED) is 0.782. The van der Waals surface area contributed by atoms with Crippen LogP contribution in [0, 0.1) is 0 Å². The predicted molar refractivity (Wildman–Crippen MR) is 59.3 cm³/mol. The lowest BCUT2D eigenvalue weighted by molar-refractivity contribution is 0.476. The van der Waals surface area contributed by atoms with E-state index in [-0.39, 0.29) is 0 Å². The highest BCUT2D eigenvalue weighted by atomic mass is 15.3. The number of nitrogens with one attached hydrogen (secondary N) is 1. The Balaban J connectivity index is 2.76. The second-order valence-electron chi connectivity index (χ2n) is 3.76. The molecule has 1 aromatic heterocycles. The minimum Gasteiger partial charge on any atom is -0.313 e. The Morgan fingerprint density at radius 3 is 2.64 bits per heavy atom. The second kappa shape index (κ2) is 5.15. The lowest BCUT2D eigenvalue weighted by Gasteiger charge is -2.11. The Kier molecular flexibility index (Phi) is 4.14. The molecule has 2 atom stereocenters. The van der Waals surface area contributed by atoms with Crippen molar-refractivity contribution in [1.82, 2.24) is 15.1 Å². The summed E-state index contributed by atoms with van der Waals surface area (Å²) in [5, 5.41) is 7.67. The van der Waals surface area contributed by atoms with Crippen LogP contribution in [0.3, 0.4) is 0 Å². The van der Waals surface area contributed by atoms with Gasteiger partial charge in [0.1, 0.15) is 0 Å². The smallest absolute Gasteiger partial charge is 0.0537 e. The number of nitrogens with zero attached hydrogens (tertiary/aromatic N) is 2. The van der Waals surface area contributed by atoms with Gasteiger partial charge in [-0.05, 0) is 26.8 Å². The highest BCUT2D eigenvalue weighted by Gasteiger charge is 2.10. The van der Waals surface area contributed by atoms with Crippen molar-refractivity contribution in [2.75, 3.05) is 7.05 Å². The van der Waals surface area contributed by atoms with Crippen LogP contribution in [-0.4, -0.2) is 16.8 Å². The molecule has 1 aromatic rings. The van der Waals surface area contributed by atoms with Crippen LogP contribution in [0.25, 0.3) is 0 Å². The van der Waals surface area contributed by atoms with Crippen molar-refractivity contribution < 1.29 is 0 Å². The van der Waals surface area contributed by atoms with Crippen LogP contribution in [0.5, 0.6) is 0 Å². The normalized spacial score (nSPS) is 15.4. The highest BCUT2D eigenvalue weighted by Crippen LogP contribution is 2.17. The molecular weight excluding hydrogens is 174 g/mol. The van der Waals surface area contributed by atoms with Crippen LogP contribution >= 0.6 is 0 Å². The standard InChI is InChI=1S/C11H21N3/c1-5-9(3)14-8-10(7-13-14)11(6-2)12-4/h7-9,11-12H,5-6H2,1-4H3. The van der Waals surface area contributed by atoms with Gasteiger partial charge in [-0.1, -0.05) is 13.8 Å². The molecule has 3 nitrogen and oxygen atoms in total. The molecule has 0 amide bonds. The Morgan fingerprint density at radius 1 is 1.43 bits per heavy atom. The second-order valence-corrected chi connectivity index (χ2v) is 3.76. The predicted octanol–water partition coefficient (Wildman–Crippen LogP) is 2.52. The maximum absolute atomic E-state index is 4.38. The van der Waals surface area contributed by atoms with E-state index in [4.69, 9.17) is 0 Å². The van der Waals surface area contributed by atoms with Crippen molar-refractivity contribution in [1.29, 1.82) is 0 Å². The Bertz CT molecular complexity index is 263. The summed E-state index contributed by atoms with van der Waals surface area (Å²) in [4.78, 5) is 0. The molecular formula is C11H21N3. The van der Waals surface area contributed by atoms with Crippen LogP contribution in [0.15, 0.2) is 12.4 Å². The first-order valence-corrected chi connectivity index (χ1v) is 5.44. The monoisotopic (exact) mass is 195 g/mol. The molecule has 0 fully saturated rings. The van der Waals surface area contributed by atoms with E-state index in [1.54, 1.807) is 0 Å². The molecule has 0 aromatic carbocycles. The first-order valence-electron chi connectivity index (χ1n) is 5.44. The molecule has 2 unspecified atom stereocenters. The van der Waals surface area contributed by atoms with Crippen LogP contribution in [0.1, 0.15) is 51.3 Å². The third-order valence-electron chi connectivity index (χ3n) is 2.82. The number of hydrogen-bond acceptors (Lipinski definition) is 2. The summed E-state index contributed by atoms with van der Waals surface area (Å²) in [6, 6.07) is 0.936. The third kappa shape index (κ3) is 2.35. The summed E-state index contributed by atoms with van der Waals surface area (Å²) in [6.45, 7) is 6.56.